The Labute approximate surface area is 229 Å². The van der Waals surface area contributed by atoms with Crippen molar-refractivity contribution < 1.29 is 33.1 Å². The highest BCUT2D eigenvalue weighted by Gasteiger charge is 2.51. The van der Waals surface area contributed by atoms with E-state index in [-0.39, 0.29) is 37.4 Å². The van der Waals surface area contributed by atoms with Crippen LogP contribution < -0.4 is 16.1 Å². The lowest BCUT2D eigenvalue weighted by atomic mass is 9.99. The first-order valence-electron chi connectivity index (χ1n) is 12.9. The fourth-order valence-corrected chi connectivity index (χ4v) is 4.73. The molecule has 0 bridgehead atoms. The lowest BCUT2D eigenvalue weighted by Gasteiger charge is -2.30. The van der Waals surface area contributed by atoms with Crippen LogP contribution in [0.4, 0.5) is 8.78 Å². The van der Waals surface area contributed by atoms with Crippen LogP contribution in [-0.4, -0.2) is 70.0 Å². The molecule has 2 heterocycles. The molecular formula is C28H31F2N5O5. The lowest BCUT2D eigenvalue weighted by molar-refractivity contribution is -0.147. The summed E-state index contributed by atoms with van der Waals surface area (Å²) < 4.78 is 29.0. The average Bonchev–Trinajstić information content (AvgIpc) is 3.27. The molecule has 3 atom stereocenters. The van der Waals surface area contributed by atoms with Crippen LogP contribution in [0.25, 0.3) is 0 Å². The van der Waals surface area contributed by atoms with Gasteiger partial charge in [0.05, 0.1) is 12.6 Å². The number of likely N-dealkylation sites (tertiary alicyclic amines) is 1. The summed E-state index contributed by atoms with van der Waals surface area (Å²) in [5.41, 5.74) is 4.58. The van der Waals surface area contributed by atoms with Gasteiger partial charge in [-0.05, 0) is 30.0 Å². The minimum Gasteiger partial charge on any atom is -0.381 e. The molecule has 10 nitrogen and oxygen atoms in total. The van der Waals surface area contributed by atoms with Crippen molar-refractivity contribution in [1.29, 1.82) is 0 Å². The quantitative estimate of drug-likeness (QED) is 0.368. The van der Waals surface area contributed by atoms with E-state index in [4.69, 9.17) is 0 Å². The number of rotatable bonds is 9. The van der Waals surface area contributed by atoms with E-state index >= 15 is 0 Å². The van der Waals surface area contributed by atoms with Crippen LogP contribution in [0.3, 0.4) is 0 Å². The van der Waals surface area contributed by atoms with Crippen LogP contribution in [0.15, 0.2) is 59.7 Å². The molecule has 4 N–H and O–H groups in total. The van der Waals surface area contributed by atoms with Crippen molar-refractivity contribution in [3.8, 4) is 0 Å². The number of alkyl halides is 2. The second kappa shape index (κ2) is 12.3. The SMILES string of the molecule is Cc1ccccc1CNC(=O)[C@@H]1CC(F)(F)CN1C(=O)[C@@H](O)[C@H](Cc1ccccc1)NC(=O)C1=NNC(=O)CC1. The van der Waals surface area contributed by atoms with Gasteiger partial charge in [0.25, 0.3) is 17.7 Å². The first-order valence-corrected chi connectivity index (χ1v) is 12.9. The van der Waals surface area contributed by atoms with Crippen LogP contribution in [0.5, 0.6) is 0 Å². The Balaban J connectivity index is 1.51. The molecule has 12 heteroatoms. The van der Waals surface area contributed by atoms with Gasteiger partial charge in [0.15, 0.2) is 6.10 Å². The number of aliphatic hydroxyl groups is 1. The highest BCUT2D eigenvalue weighted by atomic mass is 19.3. The van der Waals surface area contributed by atoms with Crippen LogP contribution in [0.2, 0.25) is 0 Å². The molecule has 2 aromatic rings. The van der Waals surface area contributed by atoms with Gasteiger partial charge in [-0.15, -0.1) is 0 Å². The van der Waals surface area contributed by atoms with Crippen molar-refractivity contribution in [2.24, 2.45) is 5.10 Å². The fourth-order valence-electron chi connectivity index (χ4n) is 4.73. The Morgan fingerprint density at radius 3 is 2.50 bits per heavy atom. The summed E-state index contributed by atoms with van der Waals surface area (Å²) in [6.45, 7) is 0.894. The second-order valence-corrected chi connectivity index (χ2v) is 9.99. The molecule has 1 fully saturated rings. The van der Waals surface area contributed by atoms with E-state index in [0.717, 1.165) is 11.1 Å². The molecule has 2 aliphatic rings. The average molecular weight is 556 g/mol. The number of aliphatic hydroxyl groups excluding tert-OH is 1. The summed E-state index contributed by atoms with van der Waals surface area (Å²) >= 11 is 0. The van der Waals surface area contributed by atoms with Crippen LogP contribution in [0.1, 0.15) is 36.0 Å². The number of nitrogens with one attached hydrogen (secondary N) is 3. The standard InChI is InChI=1S/C28H31F2N5O5/c1-17-7-5-6-10-19(17)15-31-26(39)22-14-28(29,30)16-35(22)27(40)24(37)21(13-18-8-3-2-4-9-18)32-25(38)20-11-12-23(36)34-33-20/h2-10,21-22,24,37H,11-16H2,1H3,(H,31,39)(H,32,38)(H,34,36)/t21-,22-,24-/m0/s1. The molecule has 0 aliphatic carbocycles. The highest BCUT2D eigenvalue weighted by molar-refractivity contribution is 6.39. The molecule has 40 heavy (non-hydrogen) atoms. The van der Waals surface area contributed by atoms with E-state index in [2.05, 4.69) is 21.2 Å². The Kier molecular flexibility index (Phi) is 8.88. The van der Waals surface area contributed by atoms with Gasteiger partial charge >= 0.3 is 0 Å². The number of nitrogens with zero attached hydrogens (tertiary/aromatic N) is 2. The third kappa shape index (κ3) is 7.06. The maximum atomic E-state index is 14.5. The van der Waals surface area contributed by atoms with E-state index in [9.17, 15) is 33.1 Å². The van der Waals surface area contributed by atoms with Crippen molar-refractivity contribution in [3.05, 3.63) is 71.3 Å². The van der Waals surface area contributed by atoms with Gasteiger partial charge in [-0.25, -0.2) is 14.2 Å². The highest BCUT2D eigenvalue weighted by Crippen LogP contribution is 2.33. The summed E-state index contributed by atoms with van der Waals surface area (Å²) in [6.07, 6.45) is -2.74. The largest absolute Gasteiger partial charge is 0.381 e. The summed E-state index contributed by atoms with van der Waals surface area (Å²) in [6, 6.07) is 13.2. The number of amides is 4. The number of carbonyl (C=O) groups is 4. The summed E-state index contributed by atoms with van der Waals surface area (Å²) in [4.78, 5) is 51.4. The predicted molar refractivity (Wildman–Crippen MR) is 141 cm³/mol. The minimum atomic E-state index is -3.34. The number of benzene rings is 2. The maximum Gasteiger partial charge on any atom is 0.267 e. The molecule has 4 rings (SSSR count). The Bertz CT molecular complexity index is 1300. The maximum absolute atomic E-state index is 14.5. The van der Waals surface area contributed by atoms with Crippen molar-refractivity contribution in [3.63, 3.8) is 0 Å². The summed E-state index contributed by atoms with van der Waals surface area (Å²) in [5, 5.41) is 20.0. The number of hydrogen-bond donors (Lipinski definition) is 4. The number of hydrogen-bond acceptors (Lipinski definition) is 6. The van der Waals surface area contributed by atoms with Gasteiger partial charge < -0.3 is 20.6 Å². The third-order valence-electron chi connectivity index (χ3n) is 6.99. The van der Waals surface area contributed by atoms with E-state index in [0.29, 0.717) is 10.5 Å². The normalized spacial score (nSPS) is 19.7. The molecule has 0 radical (unpaired) electrons. The topological polar surface area (TPSA) is 140 Å². The second-order valence-electron chi connectivity index (χ2n) is 9.99. The number of halogens is 2. The van der Waals surface area contributed by atoms with Crippen molar-refractivity contribution >= 4 is 29.3 Å². The molecule has 2 aromatic carbocycles. The van der Waals surface area contributed by atoms with Gasteiger partial charge in [0, 0.05) is 25.8 Å². The predicted octanol–water partition coefficient (Wildman–Crippen LogP) is 1.20. The molecule has 0 aromatic heterocycles. The zero-order chi connectivity index (χ0) is 28.9. The van der Waals surface area contributed by atoms with Gasteiger partial charge in [0.1, 0.15) is 11.8 Å². The van der Waals surface area contributed by atoms with Gasteiger partial charge in [-0.1, -0.05) is 54.6 Å². The van der Waals surface area contributed by atoms with Crippen molar-refractivity contribution in [2.75, 3.05) is 6.54 Å². The Morgan fingerprint density at radius 2 is 1.82 bits per heavy atom. The Hall–Kier alpha value is -4.19. The van der Waals surface area contributed by atoms with Gasteiger partial charge in [-0.3, -0.25) is 19.2 Å². The van der Waals surface area contributed by atoms with Gasteiger partial charge in [-0.2, -0.15) is 5.10 Å². The van der Waals surface area contributed by atoms with Crippen LogP contribution >= 0.6 is 0 Å². The number of aryl methyl sites for hydroxylation is 1. The van der Waals surface area contributed by atoms with E-state index in [1.54, 1.807) is 42.5 Å². The minimum absolute atomic E-state index is 0.00141. The summed E-state index contributed by atoms with van der Waals surface area (Å²) in [7, 11) is 0. The van der Waals surface area contributed by atoms with Crippen molar-refractivity contribution in [1.82, 2.24) is 21.0 Å². The third-order valence-corrected chi connectivity index (χ3v) is 6.99. The van der Waals surface area contributed by atoms with E-state index in [1.165, 1.54) is 0 Å². The fraction of sp³-hybridized carbons (Fsp3) is 0.393. The first-order chi connectivity index (χ1) is 19.0. The zero-order valence-corrected chi connectivity index (χ0v) is 21.9. The first kappa shape index (κ1) is 28.8. The molecule has 4 amide bonds. The number of carbonyl (C=O) groups excluding carboxylic acids is 4. The molecule has 0 unspecified atom stereocenters. The van der Waals surface area contributed by atoms with E-state index in [1.807, 2.05) is 19.1 Å². The molecule has 212 valence electrons. The van der Waals surface area contributed by atoms with Gasteiger partial charge in [0.2, 0.25) is 11.8 Å². The van der Waals surface area contributed by atoms with Crippen molar-refractivity contribution in [2.45, 2.75) is 63.3 Å². The monoisotopic (exact) mass is 555 g/mol. The molecule has 1 saturated heterocycles. The smallest absolute Gasteiger partial charge is 0.267 e. The van der Waals surface area contributed by atoms with Crippen LogP contribution in [-0.2, 0) is 32.1 Å². The van der Waals surface area contributed by atoms with E-state index < -0.39 is 54.8 Å². The number of hydrazone groups is 1. The summed E-state index contributed by atoms with van der Waals surface area (Å²) in [5.74, 6) is -6.28. The molecule has 0 saturated carbocycles. The van der Waals surface area contributed by atoms with Crippen LogP contribution in [0, 0.1) is 6.92 Å². The molecule has 0 spiro atoms. The zero-order valence-electron chi connectivity index (χ0n) is 21.9. The lowest BCUT2D eigenvalue weighted by Crippen LogP contribution is -2.56. The molecular weight excluding hydrogens is 524 g/mol. The molecule has 2 aliphatic heterocycles. The Morgan fingerprint density at radius 1 is 1.12 bits per heavy atom.